The smallest absolute Gasteiger partial charge is 0.138 e. The van der Waals surface area contributed by atoms with Gasteiger partial charge in [0.2, 0.25) is 0 Å². The predicted molar refractivity (Wildman–Crippen MR) is 69.0 cm³/mol. The number of aliphatic hydroxyl groups excluding tert-OH is 1. The van der Waals surface area contributed by atoms with Gasteiger partial charge in [0.15, 0.2) is 0 Å². The standard InChI is InChI=1S/C14H23N3O/c1-2-5-17-13(15-10-16-17)8-14(9-18)7-11-3-4-12(14)6-11/h10-12,18H,2-9H2,1H3. The van der Waals surface area contributed by atoms with Crippen molar-refractivity contribution >= 4 is 0 Å². The van der Waals surface area contributed by atoms with Gasteiger partial charge in [-0.15, -0.1) is 0 Å². The van der Waals surface area contributed by atoms with Gasteiger partial charge in [-0.25, -0.2) is 4.98 Å². The van der Waals surface area contributed by atoms with Crippen molar-refractivity contribution in [3.05, 3.63) is 12.2 Å². The third kappa shape index (κ3) is 1.87. The molecule has 2 aliphatic carbocycles. The Labute approximate surface area is 108 Å². The first-order chi connectivity index (χ1) is 8.77. The number of aromatic nitrogens is 3. The van der Waals surface area contributed by atoms with Crippen LogP contribution in [0.3, 0.4) is 0 Å². The first-order valence-electron chi connectivity index (χ1n) is 7.25. The summed E-state index contributed by atoms with van der Waals surface area (Å²) in [7, 11) is 0. The Hall–Kier alpha value is -0.900. The molecule has 0 aromatic carbocycles. The zero-order valence-electron chi connectivity index (χ0n) is 11.2. The van der Waals surface area contributed by atoms with Crippen molar-refractivity contribution in [3.63, 3.8) is 0 Å². The van der Waals surface area contributed by atoms with Crippen LogP contribution in [0.25, 0.3) is 0 Å². The van der Waals surface area contributed by atoms with E-state index in [1.807, 2.05) is 4.68 Å². The minimum Gasteiger partial charge on any atom is -0.396 e. The average molecular weight is 249 g/mol. The van der Waals surface area contributed by atoms with Crippen LogP contribution in [0.1, 0.15) is 44.9 Å². The molecule has 4 nitrogen and oxygen atoms in total. The molecule has 1 aromatic rings. The Morgan fingerprint density at radius 3 is 3.00 bits per heavy atom. The lowest BCUT2D eigenvalue weighted by Gasteiger charge is -2.35. The number of hydrogen-bond acceptors (Lipinski definition) is 3. The summed E-state index contributed by atoms with van der Waals surface area (Å²) in [4.78, 5) is 4.42. The number of aryl methyl sites for hydroxylation is 1. The van der Waals surface area contributed by atoms with E-state index in [0.717, 1.165) is 31.1 Å². The summed E-state index contributed by atoms with van der Waals surface area (Å²) in [5, 5.41) is 14.2. The topological polar surface area (TPSA) is 50.9 Å². The second-order valence-electron chi connectivity index (χ2n) is 6.18. The highest BCUT2D eigenvalue weighted by molar-refractivity contribution is 5.05. The first kappa shape index (κ1) is 12.2. The second-order valence-corrected chi connectivity index (χ2v) is 6.18. The van der Waals surface area contributed by atoms with Crippen LogP contribution in [0.2, 0.25) is 0 Å². The van der Waals surface area contributed by atoms with E-state index in [-0.39, 0.29) is 5.41 Å². The van der Waals surface area contributed by atoms with E-state index in [1.54, 1.807) is 6.33 Å². The molecular weight excluding hydrogens is 226 g/mol. The molecule has 0 saturated heterocycles. The molecule has 0 radical (unpaired) electrons. The third-order valence-electron chi connectivity index (χ3n) is 5.06. The maximum Gasteiger partial charge on any atom is 0.138 e. The first-order valence-corrected chi connectivity index (χ1v) is 7.25. The number of hydrogen-bond donors (Lipinski definition) is 1. The van der Waals surface area contributed by atoms with Gasteiger partial charge in [0, 0.05) is 25.0 Å². The van der Waals surface area contributed by atoms with E-state index in [0.29, 0.717) is 12.5 Å². The Morgan fingerprint density at radius 2 is 2.39 bits per heavy atom. The van der Waals surface area contributed by atoms with Crippen molar-refractivity contribution in [1.82, 2.24) is 14.8 Å². The molecule has 3 atom stereocenters. The highest BCUT2D eigenvalue weighted by Crippen LogP contribution is 2.56. The molecular formula is C14H23N3O. The molecule has 2 aliphatic rings. The Morgan fingerprint density at radius 1 is 1.50 bits per heavy atom. The lowest BCUT2D eigenvalue weighted by atomic mass is 9.71. The monoisotopic (exact) mass is 249 g/mol. The largest absolute Gasteiger partial charge is 0.396 e. The Balaban J connectivity index is 1.79. The molecule has 3 rings (SSSR count). The van der Waals surface area contributed by atoms with Gasteiger partial charge in [0.25, 0.3) is 0 Å². The summed E-state index contributed by atoms with van der Waals surface area (Å²) in [5.74, 6) is 2.63. The van der Waals surface area contributed by atoms with Crippen LogP contribution >= 0.6 is 0 Å². The Kier molecular flexibility index (Phi) is 3.14. The van der Waals surface area contributed by atoms with Crippen LogP contribution < -0.4 is 0 Å². The number of aliphatic hydroxyl groups is 1. The fourth-order valence-corrected chi connectivity index (χ4v) is 4.16. The SMILES string of the molecule is CCCn1ncnc1CC1(CO)CC2CCC1C2. The number of fused-ring (bicyclic) bond motifs is 2. The number of nitrogens with zero attached hydrogens (tertiary/aromatic N) is 3. The molecule has 4 heteroatoms. The predicted octanol–water partition coefficient (Wildman–Crippen LogP) is 2.03. The van der Waals surface area contributed by atoms with E-state index in [2.05, 4.69) is 17.0 Å². The van der Waals surface area contributed by atoms with Crippen molar-refractivity contribution in [2.45, 2.75) is 52.0 Å². The zero-order valence-corrected chi connectivity index (χ0v) is 11.2. The second kappa shape index (κ2) is 4.65. The van der Waals surface area contributed by atoms with Gasteiger partial charge in [-0.2, -0.15) is 5.10 Å². The van der Waals surface area contributed by atoms with E-state index in [1.165, 1.54) is 25.7 Å². The molecule has 100 valence electrons. The van der Waals surface area contributed by atoms with Crippen LogP contribution in [0.15, 0.2) is 6.33 Å². The number of rotatable bonds is 5. The fraction of sp³-hybridized carbons (Fsp3) is 0.857. The van der Waals surface area contributed by atoms with Gasteiger partial charge in [0.1, 0.15) is 12.2 Å². The van der Waals surface area contributed by atoms with E-state index in [4.69, 9.17) is 0 Å². The summed E-state index contributed by atoms with van der Waals surface area (Å²) in [6, 6.07) is 0. The van der Waals surface area contributed by atoms with Crippen LogP contribution in [0.4, 0.5) is 0 Å². The molecule has 2 bridgehead atoms. The van der Waals surface area contributed by atoms with Crippen molar-refractivity contribution in [3.8, 4) is 0 Å². The van der Waals surface area contributed by atoms with Gasteiger partial charge < -0.3 is 5.11 Å². The molecule has 1 heterocycles. The third-order valence-corrected chi connectivity index (χ3v) is 5.06. The van der Waals surface area contributed by atoms with Crippen molar-refractivity contribution in [2.75, 3.05) is 6.61 Å². The molecule has 18 heavy (non-hydrogen) atoms. The van der Waals surface area contributed by atoms with E-state index in [9.17, 15) is 5.11 Å². The molecule has 0 spiro atoms. The molecule has 2 saturated carbocycles. The summed E-state index contributed by atoms with van der Waals surface area (Å²) in [6.45, 7) is 3.41. The van der Waals surface area contributed by atoms with E-state index < -0.39 is 0 Å². The lowest BCUT2D eigenvalue weighted by molar-refractivity contribution is 0.0620. The van der Waals surface area contributed by atoms with Crippen LogP contribution in [-0.2, 0) is 13.0 Å². The highest BCUT2D eigenvalue weighted by Gasteiger charge is 2.50. The summed E-state index contributed by atoms with van der Waals surface area (Å²) < 4.78 is 2.02. The fourth-order valence-electron chi connectivity index (χ4n) is 4.16. The minimum absolute atomic E-state index is 0.0987. The Bertz CT molecular complexity index is 417. The molecule has 0 aliphatic heterocycles. The van der Waals surface area contributed by atoms with Crippen molar-refractivity contribution < 1.29 is 5.11 Å². The van der Waals surface area contributed by atoms with Crippen molar-refractivity contribution in [1.29, 1.82) is 0 Å². The molecule has 1 N–H and O–H groups in total. The summed E-state index contributed by atoms with van der Waals surface area (Å²) >= 11 is 0. The molecule has 2 fully saturated rings. The normalized spacial score (nSPS) is 34.3. The van der Waals surface area contributed by atoms with Crippen LogP contribution in [-0.4, -0.2) is 26.5 Å². The molecule has 1 aromatic heterocycles. The summed E-state index contributed by atoms with van der Waals surface area (Å²) in [5.41, 5.74) is 0.0987. The summed E-state index contributed by atoms with van der Waals surface area (Å²) in [6.07, 6.45) is 8.82. The van der Waals surface area contributed by atoms with Gasteiger partial charge in [-0.1, -0.05) is 13.3 Å². The van der Waals surface area contributed by atoms with Gasteiger partial charge in [-0.3, -0.25) is 4.68 Å². The minimum atomic E-state index is 0.0987. The maximum absolute atomic E-state index is 9.90. The maximum atomic E-state index is 9.90. The zero-order chi connectivity index (χ0) is 12.6. The van der Waals surface area contributed by atoms with Gasteiger partial charge >= 0.3 is 0 Å². The van der Waals surface area contributed by atoms with E-state index >= 15 is 0 Å². The van der Waals surface area contributed by atoms with Crippen LogP contribution in [0.5, 0.6) is 0 Å². The molecule has 3 unspecified atom stereocenters. The quantitative estimate of drug-likeness (QED) is 0.868. The van der Waals surface area contributed by atoms with Crippen LogP contribution in [0, 0.1) is 17.3 Å². The van der Waals surface area contributed by atoms with Gasteiger partial charge in [0.05, 0.1) is 0 Å². The van der Waals surface area contributed by atoms with Crippen molar-refractivity contribution in [2.24, 2.45) is 17.3 Å². The highest BCUT2D eigenvalue weighted by atomic mass is 16.3. The van der Waals surface area contributed by atoms with Gasteiger partial charge in [-0.05, 0) is 37.5 Å². The average Bonchev–Trinajstić information content (AvgIpc) is 3.07. The lowest BCUT2D eigenvalue weighted by Crippen LogP contribution is -2.35. The molecule has 0 amide bonds.